The van der Waals surface area contributed by atoms with Crippen molar-refractivity contribution in [2.75, 3.05) is 50.4 Å². The van der Waals surface area contributed by atoms with E-state index in [9.17, 15) is 14.4 Å². The van der Waals surface area contributed by atoms with Crippen LogP contribution in [0.3, 0.4) is 0 Å². The van der Waals surface area contributed by atoms with Crippen molar-refractivity contribution in [1.82, 2.24) is 19.4 Å². The molecule has 0 radical (unpaired) electrons. The van der Waals surface area contributed by atoms with E-state index in [0.717, 1.165) is 32.5 Å². The van der Waals surface area contributed by atoms with Gasteiger partial charge in [-0.3, -0.25) is 24.0 Å². The number of likely N-dealkylation sites (N-methyl/N-ethyl adjacent to an activating group) is 1. The van der Waals surface area contributed by atoms with Crippen molar-refractivity contribution >= 4 is 17.4 Å². The molecular formula is C23H34N6O3. The van der Waals surface area contributed by atoms with E-state index < -0.39 is 11.2 Å². The number of nitrogen functional groups attached to an aromatic ring is 1. The van der Waals surface area contributed by atoms with Gasteiger partial charge < -0.3 is 15.5 Å². The maximum atomic E-state index is 12.9. The molecule has 32 heavy (non-hydrogen) atoms. The molecule has 3 N–H and O–H groups in total. The molecule has 9 nitrogen and oxygen atoms in total. The third kappa shape index (κ3) is 5.40. The van der Waals surface area contributed by atoms with E-state index in [1.807, 2.05) is 17.9 Å². The predicted molar refractivity (Wildman–Crippen MR) is 127 cm³/mol. The van der Waals surface area contributed by atoms with Gasteiger partial charge in [-0.1, -0.05) is 37.6 Å². The van der Waals surface area contributed by atoms with Crippen LogP contribution >= 0.6 is 0 Å². The number of aromatic amines is 1. The SMILES string of the molecule is CCCCn1c(N)c(N(C)CC(=O)N2CCN(Cc3ccccc3C)CC2)c(=O)[nH]c1=O. The number of H-pyrrole nitrogens is 1. The van der Waals surface area contributed by atoms with Crippen molar-refractivity contribution in [3.8, 4) is 0 Å². The minimum atomic E-state index is -0.571. The summed E-state index contributed by atoms with van der Waals surface area (Å²) in [5.74, 6) is 0.0405. The van der Waals surface area contributed by atoms with E-state index in [1.54, 1.807) is 7.05 Å². The number of nitrogens with zero attached hydrogens (tertiary/aromatic N) is 4. The van der Waals surface area contributed by atoms with Crippen LogP contribution < -0.4 is 21.9 Å². The lowest BCUT2D eigenvalue weighted by atomic mass is 10.1. The summed E-state index contributed by atoms with van der Waals surface area (Å²) in [6.07, 6.45) is 1.66. The zero-order valence-corrected chi connectivity index (χ0v) is 19.3. The number of hydrogen-bond donors (Lipinski definition) is 2. The predicted octanol–water partition coefficient (Wildman–Crippen LogP) is 1.01. The molecule has 0 unspecified atom stereocenters. The van der Waals surface area contributed by atoms with Gasteiger partial charge in [0, 0.05) is 46.3 Å². The molecule has 1 aromatic heterocycles. The Morgan fingerprint density at radius 3 is 2.50 bits per heavy atom. The summed E-state index contributed by atoms with van der Waals surface area (Å²) in [7, 11) is 1.65. The second kappa shape index (κ2) is 10.5. The van der Waals surface area contributed by atoms with Crippen molar-refractivity contribution in [2.24, 2.45) is 0 Å². The number of hydrogen-bond acceptors (Lipinski definition) is 6. The minimum Gasteiger partial charge on any atom is -0.383 e. The number of carbonyl (C=O) groups is 1. The Morgan fingerprint density at radius 1 is 1.16 bits per heavy atom. The zero-order valence-electron chi connectivity index (χ0n) is 19.3. The van der Waals surface area contributed by atoms with Crippen molar-refractivity contribution < 1.29 is 4.79 Å². The lowest BCUT2D eigenvalue weighted by Crippen LogP contribution is -2.51. The molecule has 0 saturated carbocycles. The maximum absolute atomic E-state index is 12.9. The van der Waals surface area contributed by atoms with Crippen molar-refractivity contribution in [3.63, 3.8) is 0 Å². The molecule has 0 aliphatic carbocycles. The molecule has 9 heteroatoms. The van der Waals surface area contributed by atoms with Crippen molar-refractivity contribution in [2.45, 2.75) is 39.8 Å². The minimum absolute atomic E-state index is 0.0249. The average molecular weight is 443 g/mol. The quantitative estimate of drug-likeness (QED) is 0.632. The molecule has 3 rings (SSSR count). The number of unbranched alkanes of at least 4 members (excludes halogenated alkanes) is 1. The Balaban J connectivity index is 1.61. The van der Waals surface area contributed by atoms with Gasteiger partial charge in [0.15, 0.2) is 0 Å². The smallest absolute Gasteiger partial charge is 0.330 e. The number of anilines is 2. The van der Waals surface area contributed by atoms with Crippen LogP contribution in [0.5, 0.6) is 0 Å². The summed E-state index contributed by atoms with van der Waals surface area (Å²) >= 11 is 0. The highest BCUT2D eigenvalue weighted by molar-refractivity contribution is 5.82. The van der Waals surface area contributed by atoms with Crippen LogP contribution in [0.1, 0.15) is 30.9 Å². The average Bonchev–Trinajstić information content (AvgIpc) is 2.75. The molecule has 1 amide bonds. The molecule has 1 saturated heterocycles. The fourth-order valence-corrected chi connectivity index (χ4v) is 4.05. The lowest BCUT2D eigenvalue weighted by Gasteiger charge is -2.36. The largest absolute Gasteiger partial charge is 0.383 e. The van der Waals surface area contributed by atoms with Gasteiger partial charge in [0.1, 0.15) is 11.5 Å². The first-order valence-corrected chi connectivity index (χ1v) is 11.2. The van der Waals surface area contributed by atoms with E-state index in [1.165, 1.54) is 20.6 Å². The number of piperazine rings is 1. The number of carbonyl (C=O) groups excluding carboxylic acids is 1. The Hall–Kier alpha value is -3.07. The summed E-state index contributed by atoms with van der Waals surface area (Å²) in [4.78, 5) is 45.5. The van der Waals surface area contributed by atoms with Crippen molar-refractivity contribution in [1.29, 1.82) is 0 Å². The Bertz CT molecular complexity index is 1050. The Kier molecular flexibility index (Phi) is 7.74. The number of rotatable bonds is 8. The molecule has 1 aliphatic rings. The summed E-state index contributed by atoms with van der Waals surface area (Å²) in [5.41, 5.74) is 7.80. The number of nitrogens with one attached hydrogen (secondary N) is 1. The lowest BCUT2D eigenvalue weighted by molar-refractivity contribution is -0.131. The highest BCUT2D eigenvalue weighted by Gasteiger charge is 2.24. The molecular weight excluding hydrogens is 408 g/mol. The Morgan fingerprint density at radius 2 is 1.84 bits per heavy atom. The summed E-state index contributed by atoms with van der Waals surface area (Å²) < 4.78 is 1.37. The standard InChI is InChI=1S/C23H34N6O3/c1-4-5-10-29-21(24)20(22(31)25-23(29)32)26(3)16-19(30)28-13-11-27(12-14-28)15-18-9-7-6-8-17(18)2/h6-9H,4-5,10-16,24H2,1-3H3,(H,25,31,32). The first-order chi connectivity index (χ1) is 15.3. The van der Waals surface area contributed by atoms with E-state index in [-0.39, 0.29) is 24.0 Å². The molecule has 0 spiro atoms. The molecule has 1 aromatic carbocycles. The van der Waals surface area contributed by atoms with E-state index in [0.29, 0.717) is 19.6 Å². The van der Waals surface area contributed by atoms with E-state index in [4.69, 9.17) is 5.73 Å². The van der Waals surface area contributed by atoms with Gasteiger partial charge in [0.25, 0.3) is 5.56 Å². The van der Waals surface area contributed by atoms with Crippen LogP contribution in [0.25, 0.3) is 0 Å². The molecule has 174 valence electrons. The number of benzene rings is 1. The van der Waals surface area contributed by atoms with Gasteiger partial charge in [-0.25, -0.2) is 4.79 Å². The highest BCUT2D eigenvalue weighted by Crippen LogP contribution is 2.16. The van der Waals surface area contributed by atoms with Gasteiger partial charge in [0.05, 0.1) is 6.54 Å². The first kappa shape index (κ1) is 23.6. The molecule has 2 aromatic rings. The molecule has 2 heterocycles. The second-order valence-electron chi connectivity index (χ2n) is 8.44. The van der Waals surface area contributed by atoms with Crippen LogP contribution in [0.4, 0.5) is 11.5 Å². The molecule has 1 fully saturated rings. The van der Waals surface area contributed by atoms with Crippen LogP contribution in [-0.4, -0.2) is 65.0 Å². The van der Waals surface area contributed by atoms with Crippen LogP contribution in [0.2, 0.25) is 0 Å². The van der Waals surface area contributed by atoms with E-state index in [2.05, 4.69) is 35.0 Å². The molecule has 1 aliphatic heterocycles. The maximum Gasteiger partial charge on any atom is 0.330 e. The van der Waals surface area contributed by atoms with Gasteiger partial charge in [-0.15, -0.1) is 0 Å². The zero-order chi connectivity index (χ0) is 23.3. The molecule has 0 bridgehead atoms. The number of amides is 1. The fraction of sp³-hybridized carbons (Fsp3) is 0.522. The monoisotopic (exact) mass is 442 g/mol. The summed E-state index contributed by atoms with van der Waals surface area (Å²) in [6, 6.07) is 8.35. The van der Waals surface area contributed by atoms with Crippen LogP contribution in [-0.2, 0) is 17.9 Å². The Labute approximate surface area is 188 Å². The molecule has 0 atom stereocenters. The summed E-state index contributed by atoms with van der Waals surface area (Å²) in [6.45, 7) is 8.33. The van der Waals surface area contributed by atoms with Crippen LogP contribution in [0, 0.1) is 6.92 Å². The number of aryl methyl sites for hydroxylation is 1. The van der Waals surface area contributed by atoms with E-state index >= 15 is 0 Å². The topological polar surface area (TPSA) is 108 Å². The van der Waals surface area contributed by atoms with Gasteiger partial charge >= 0.3 is 5.69 Å². The second-order valence-corrected chi connectivity index (χ2v) is 8.44. The van der Waals surface area contributed by atoms with Crippen LogP contribution in [0.15, 0.2) is 33.9 Å². The van der Waals surface area contributed by atoms with Gasteiger partial charge in [0.2, 0.25) is 5.91 Å². The van der Waals surface area contributed by atoms with Gasteiger partial charge in [-0.05, 0) is 24.5 Å². The first-order valence-electron chi connectivity index (χ1n) is 11.2. The van der Waals surface area contributed by atoms with Gasteiger partial charge in [-0.2, -0.15) is 0 Å². The van der Waals surface area contributed by atoms with Crippen molar-refractivity contribution in [3.05, 3.63) is 56.2 Å². The fourth-order valence-electron chi connectivity index (χ4n) is 4.05. The third-order valence-electron chi connectivity index (χ3n) is 6.08. The normalized spacial score (nSPS) is 14.5. The highest BCUT2D eigenvalue weighted by atomic mass is 16.2. The number of aromatic nitrogens is 2. The number of nitrogens with two attached hydrogens (primary N) is 1. The third-order valence-corrected chi connectivity index (χ3v) is 6.08. The summed E-state index contributed by atoms with van der Waals surface area (Å²) in [5, 5.41) is 0.